The smallest absolute Gasteiger partial charge is 0.324 e. The van der Waals surface area contributed by atoms with E-state index in [4.69, 9.17) is 0 Å². The Bertz CT molecular complexity index is 942. The first kappa shape index (κ1) is 15.9. The molecule has 7 nitrogen and oxygen atoms in total. The number of hydrogen-bond acceptors (Lipinski definition) is 5. The van der Waals surface area contributed by atoms with Gasteiger partial charge in [0.1, 0.15) is 5.65 Å². The second-order valence-corrected chi connectivity index (χ2v) is 6.15. The van der Waals surface area contributed by atoms with Crippen LogP contribution in [0.4, 0.5) is 5.00 Å². The van der Waals surface area contributed by atoms with Crippen LogP contribution in [-0.4, -0.2) is 20.2 Å². The number of aromatic nitrogens is 2. The normalized spacial score (nSPS) is 11.2. The first-order valence-electron chi connectivity index (χ1n) is 7.17. The lowest BCUT2D eigenvalue weighted by Gasteiger charge is -2.03. The molecule has 0 radical (unpaired) electrons. The van der Waals surface area contributed by atoms with Crippen molar-refractivity contribution in [1.29, 1.82) is 0 Å². The summed E-state index contributed by atoms with van der Waals surface area (Å²) in [7, 11) is 0. The molecule has 1 N–H and O–H groups in total. The second kappa shape index (κ2) is 6.63. The van der Waals surface area contributed by atoms with E-state index in [9.17, 15) is 14.9 Å². The fourth-order valence-corrected chi connectivity index (χ4v) is 3.02. The lowest BCUT2D eigenvalue weighted by Crippen LogP contribution is -2.21. The van der Waals surface area contributed by atoms with Crippen LogP contribution in [-0.2, 0) is 11.3 Å². The van der Waals surface area contributed by atoms with Crippen molar-refractivity contribution >= 4 is 34.0 Å². The third-order valence-electron chi connectivity index (χ3n) is 3.45. The lowest BCUT2D eigenvalue weighted by atomic mass is 10.3. The highest BCUT2D eigenvalue weighted by Gasteiger charge is 2.10. The standard InChI is InChI=1S/C16H14N4O3S/c1-11-13(19-9-3-2-4-14(19)18-11)10-17-15(21)7-5-12-6-8-16(24-12)20(22)23/h2-9H,10H2,1H3,(H,17,21)/b7-5+. The van der Waals surface area contributed by atoms with Gasteiger partial charge in [-0.25, -0.2) is 4.98 Å². The Labute approximate surface area is 141 Å². The van der Waals surface area contributed by atoms with Crippen LogP contribution in [0.2, 0.25) is 0 Å². The maximum Gasteiger partial charge on any atom is 0.324 e. The second-order valence-electron chi connectivity index (χ2n) is 5.06. The molecule has 8 heteroatoms. The van der Waals surface area contributed by atoms with Crippen LogP contribution >= 0.6 is 11.3 Å². The predicted molar refractivity (Wildman–Crippen MR) is 91.8 cm³/mol. The summed E-state index contributed by atoms with van der Waals surface area (Å²) in [4.78, 5) is 27.2. The van der Waals surface area contributed by atoms with Crippen LogP contribution in [0.1, 0.15) is 16.3 Å². The van der Waals surface area contributed by atoms with Crippen LogP contribution in [0, 0.1) is 17.0 Å². The Morgan fingerprint density at radius 1 is 1.42 bits per heavy atom. The van der Waals surface area contributed by atoms with E-state index in [0.29, 0.717) is 11.4 Å². The summed E-state index contributed by atoms with van der Waals surface area (Å²) >= 11 is 1.02. The monoisotopic (exact) mass is 342 g/mol. The molecule has 0 fully saturated rings. The molecule has 0 aliphatic carbocycles. The maximum absolute atomic E-state index is 11.9. The molecule has 0 aromatic carbocycles. The van der Waals surface area contributed by atoms with Crippen molar-refractivity contribution in [2.24, 2.45) is 0 Å². The Morgan fingerprint density at radius 3 is 3.00 bits per heavy atom. The van der Waals surface area contributed by atoms with Crippen molar-refractivity contribution in [1.82, 2.24) is 14.7 Å². The number of fused-ring (bicyclic) bond motifs is 1. The first-order valence-corrected chi connectivity index (χ1v) is 7.99. The van der Waals surface area contributed by atoms with Crippen molar-refractivity contribution in [3.63, 3.8) is 0 Å². The number of nitrogens with zero attached hydrogens (tertiary/aromatic N) is 3. The SMILES string of the molecule is Cc1nc2ccccn2c1CNC(=O)/C=C/c1ccc([N+](=O)[O-])s1. The van der Waals surface area contributed by atoms with Gasteiger partial charge in [0.15, 0.2) is 0 Å². The van der Waals surface area contributed by atoms with E-state index >= 15 is 0 Å². The topological polar surface area (TPSA) is 89.5 Å². The fourth-order valence-electron chi connectivity index (χ4n) is 2.29. The minimum absolute atomic E-state index is 0.0522. The third kappa shape index (κ3) is 3.33. The van der Waals surface area contributed by atoms with Gasteiger partial charge in [-0.15, -0.1) is 0 Å². The van der Waals surface area contributed by atoms with E-state index in [0.717, 1.165) is 28.4 Å². The zero-order chi connectivity index (χ0) is 17.1. The lowest BCUT2D eigenvalue weighted by molar-refractivity contribution is -0.380. The number of amides is 1. The van der Waals surface area contributed by atoms with E-state index in [-0.39, 0.29) is 10.9 Å². The number of rotatable bonds is 5. The molecule has 3 aromatic rings. The minimum atomic E-state index is -0.449. The Balaban J connectivity index is 1.65. The molecule has 0 saturated heterocycles. The van der Waals surface area contributed by atoms with Crippen LogP contribution in [0.5, 0.6) is 0 Å². The first-order chi connectivity index (χ1) is 11.5. The number of nitro groups is 1. The number of carbonyl (C=O) groups excluding carboxylic acids is 1. The van der Waals surface area contributed by atoms with Crippen LogP contribution in [0.3, 0.4) is 0 Å². The van der Waals surface area contributed by atoms with Gasteiger partial charge in [-0.2, -0.15) is 0 Å². The number of imidazole rings is 1. The van der Waals surface area contributed by atoms with E-state index in [1.165, 1.54) is 12.1 Å². The maximum atomic E-state index is 11.9. The highest BCUT2D eigenvalue weighted by atomic mass is 32.1. The molecular formula is C16H14N4O3S. The molecule has 24 heavy (non-hydrogen) atoms. The fraction of sp³-hybridized carbons (Fsp3) is 0.125. The van der Waals surface area contributed by atoms with Crippen molar-refractivity contribution in [2.45, 2.75) is 13.5 Å². The van der Waals surface area contributed by atoms with Gasteiger partial charge < -0.3 is 9.72 Å². The highest BCUT2D eigenvalue weighted by molar-refractivity contribution is 7.16. The zero-order valence-electron chi connectivity index (χ0n) is 12.8. The highest BCUT2D eigenvalue weighted by Crippen LogP contribution is 2.24. The summed E-state index contributed by atoms with van der Waals surface area (Å²) < 4.78 is 1.93. The van der Waals surface area contributed by atoms with Crippen molar-refractivity contribution in [2.75, 3.05) is 0 Å². The molecule has 3 aromatic heterocycles. The number of aryl methyl sites for hydroxylation is 1. The summed E-state index contributed by atoms with van der Waals surface area (Å²) in [6.45, 7) is 2.25. The molecule has 122 valence electrons. The summed E-state index contributed by atoms with van der Waals surface area (Å²) in [6.07, 6.45) is 4.83. The van der Waals surface area contributed by atoms with Gasteiger partial charge in [-0.1, -0.05) is 17.4 Å². The van der Waals surface area contributed by atoms with Gasteiger partial charge in [0.2, 0.25) is 5.91 Å². The van der Waals surface area contributed by atoms with Crippen molar-refractivity contribution < 1.29 is 9.72 Å². The quantitative estimate of drug-likeness (QED) is 0.438. The zero-order valence-corrected chi connectivity index (χ0v) is 13.6. The van der Waals surface area contributed by atoms with Gasteiger partial charge in [-0.05, 0) is 31.2 Å². The minimum Gasteiger partial charge on any atom is -0.347 e. The van der Waals surface area contributed by atoms with Crippen molar-refractivity contribution in [3.8, 4) is 0 Å². The number of thiophene rings is 1. The Hall–Kier alpha value is -3.00. The molecule has 0 aliphatic rings. The van der Waals surface area contributed by atoms with E-state index < -0.39 is 4.92 Å². The predicted octanol–water partition coefficient (Wildman–Crippen LogP) is 2.94. The number of pyridine rings is 1. The van der Waals surface area contributed by atoms with Crippen LogP contribution in [0.25, 0.3) is 11.7 Å². The molecule has 0 bridgehead atoms. The molecule has 0 spiro atoms. The molecule has 1 amide bonds. The van der Waals surface area contributed by atoms with Gasteiger partial charge in [-0.3, -0.25) is 14.9 Å². The third-order valence-corrected chi connectivity index (χ3v) is 4.45. The largest absolute Gasteiger partial charge is 0.347 e. The average Bonchev–Trinajstić information content (AvgIpc) is 3.15. The molecule has 3 rings (SSSR count). The summed E-state index contributed by atoms with van der Waals surface area (Å²) in [5, 5.41) is 13.5. The number of hydrogen-bond donors (Lipinski definition) is 1. The molecule has 0 unspecified atom stereocenters. The average molecular weight is 342 g/mol. The molecule has 0 atom stereocenters. The summed E-state index contributed by atoms with van der Waals surface area (Å²) in [5.41, 5.74) is 2.61. The Kier molecular flexibility index (Phi) is 4.39. The Morgan fingerprint density at radius 2 is 2.25 bits per heavy atom. The molecule has 0 aliphatic heterocycles. The summed E-state index contributed by atoms with van der Waals surface area (Å²) in [5.74, 6) is -0.267. The summed E-state index contributed by atoms with van der Waals surface area (Å²) in [6, 6.07) is 8.75. The molecule has 3 heterocycles. The van der Waals surface area contributed by atoms with Crippen LogP contribution in [0.15, 0.2) is 42.6 Å². The number of nitrogens with one attached hydrogen (secondary N) is 1. The number of carbonyl (C=O) groups is 1. The van der Waals surface area contributed by atoms with Gasteiger partial charge in [0, 0.05) is 23.2 Å². The molecule has 0 saturated carbocycles. The van der Waals surface area contributed by atoms with Gasteiger partial charge in [0.05, 0.1) is 22.9 Å². The van der Waals surface area contributed by atoms with E-state index in [1.807, 2.05) is 35.7 Å². The van der Waals surface area contributed by atoms with Crippen LogP contribution < -0.4 is 5.32 Å². The van der Waals surface area contributed by atoms with Crippen molar-refractivity contribution in [3.05, 3.63) is 69.0 Å². The van der Waals surface area contributed by atoms with Gasteiger partial charge >= 0.3 is 5.00 Å². The van der Waals surface area contributed by atoms with E-state index in [2.05, 4.69) is 10.3 Å². The van der Waals surface area contributed by atoms with E-state index in [1.54, 1.807) is 12.1 Å². The molecular weight excluding hydrogens is 328 g/mol. The van der Waals surface area contributed by atoms with Gasteiger partial charge in [0.25, 0.3) is 0 Å².